The largest absolute Gasteiger partial charge is 0.496 e. The highest BCUT2D eigenvalue weighted by Crippen LogP contribution is 2.39. The van der Waals surface area contributed by atoms with E-state index in [2.05, 4.69) is 5.32 Å². The lowest BCUT2D eigenvalue weighted by molar-refractivity contribution is 0.00578. The third-order valence-electron chi connectivity index (χ3n) is 6.03. The zero-order chi connectivity index (χ0) is 24.9. The van der Waals surface area contributed by atoms with Crippen molar-refractivity contribution in [3.63, 3.8) is 0 Å². The Morgan fingerprint density at radius 3 is 2.29 bits per heavy atom. The SMILES string of the molecule is COc1cc(C(=O)O)ccc1C=C(CNC(=O)OCc1ccccc1)B1OC(C)(C)C(C)(C)O1. The van der Waals surface area contributed by atoms with Gasteiger partial charge in [0.05, 0.1) is 23.9 Å². The van der Waals surface area contributed by atoms with Crippen LogP contribution in [0.5, 0.6) is 5.75 Å². The summed E-state index contributed by atoms with van der Waals surface area (Å²) in [7, 11) is 0.731. The van der Waals surface area contributed by atoms with Crippen LogP contribution in [0.25, 0.3) is 6.08 Å². The molecule has 1 fully saturated rings. The molecule has 1 amide bonds. The number of ether oxygens (including phenoxy) is 2. The van der Waals surface area contributed by atoms with E-state index in [0.717, 1.165) is 5.56 Å². The molecule has 2 aromatic rings. The van der Waals surface area contributed by atoms with Crippen molar-refractivity contribution >= 4 is 25.3 Å². The van der Waals surface area contributed by atoms with Crippen molar-refractivity contribution in [1.29, 1.82) is 0 Å². The Bertz CT molecular complexity index is 1050. The molecule has 1 heterocycles. The maximum absolute atomic E-state index is 12.4. The van der Waals surface area contributed by atoms with Crippen LogP contribution in [0.2, 0.25) is 0 Å². The van der Waals surface area contributed by atoms with Crippen molar-refractivity contribution in [2.75, 3.05) is 13.7 Å². The minimum Gasteiger partial charge on any atom is -0.496 e. The molecular weight excluding hydrogens is 437 g/mol. The second-order valence-electron chi connectivity index (χ2n) is 8.98. The van der Waals surface area contributed by atoms with Gasteiger partial charge in [0, 0.05) is 12.1 Å². The summed E-state index contributed by atoms with van der Waals surface area (Å²) in [4.78, 5) is 23.7. The first-order valence-electron chi connectivity index (χ1n) is 10.9. The number of amides is 1. The normalized spacial score (nSPS) is 16.7. The first-order chi connectivity index (χ1) is 16.0. The van der Waals surface area contributed by atoms with Gasteiger partial charge in [-0.3, -0.25) is 0 Å². The molecule has 0 bridgehead atoms. The van der Waals surface area contributed by atoms with Crippen molar-refractivity contribution < 1.29 is 33.5 Å². The van der Waals surface area contributed by atoms with E-state index in [4.69, 9.17) is 18.8 Å². The van der Waals surface area contributed by atoms with Crippen LogP contribution in [-0.2, 0) is 20.7 Å². The summed E-state index contributed by atoms with van der Waals surface area (Å²) in [5.74, 6) is -0.677. The van der Waals surface area contributed by atoms with E-state index >= 15 is 0 Å². The molecule has 0 radical (unpaired) electrons. The molecule has 180 valence electrons. The molecule has 2 aromatic carbocycles. The van der Waals surface area contributed by atoms with Gasteiger partial charge in [-0.25, -0.2) is 9.59 Å². The summed E-state index contributed by atoms with van der Waals surface area (Å²) in [5.41, 5.74) is 1.06. The Labute approximate surface area is 200 Å². The molecule has 0 atom stereocenters. The lowest BCUT2D eigenvalue weighted by Gasteiger charge is -2.32. The molecule has 1 saturated heterocycles. The fourth-order valence-corrected chi connectivity index (χ4v) is 3.31. The summed E-state index contributed by atoms with van der Waals surface area (Å²) in [6, 6.07) is 13.9. The lowest BCUT2D eigenvalue weighted by atomic mass is 9.77. The molecule has 0 aromatic heterocycles. The van der Waals surface area contributed by atoms with Gasteiger partial charge in [0.1, 0.15) is 12.4 Å². The van der Waals surface area contributed by atoms with Crippen LogP contribution in [0, 0.1) is 0 Å². The molecule has 0 spiro atoms. The average Bonchev–Trinajstić information content (AvgIpc) is 3.02. The number of carboxylic acids is 1. The van der Waals surface area contributed by atoms with Gasteiger partial charge in [-0.2, -0.15) is 0 Å². The predicted molar refractivity (Wildman–Crippen MR) is 129 cm³/mol. The number of hydrogen-bond acceptors (Lipinski definition) is 6. The molecule has 3 rings (SSSR count). The number of carboxylic acid groups (broad SMARTS) is 1. The number of rotatable bonds is 8. The van der Waals surface area contributed by atoms with E-state index in [1.807, 2.05) is 58.0 Å². The molecule has 8 nitrogen and oxygen atoms in total. The van der Waals surface area contributed by atoms with Crippen LogP contribution in [0.1, 0.15) is 49.2 Å². The monoisotopic (exact) mass is 467 g/mol. The Hall–Kier alpha value is -3.30. The van der Waals surface area contributed by atoms with Crippen LogP contribution in [0.4, 0.5) is 4.79 Å². The predicted octanol–water partition coefficient (Wildman–Crippen LogP) is 4.33. The first-order valence-corrected chi connectivity index (χ1v) is 10.9. The standard InChI is InChI=1S/C25H30BNO7/c1-24(2)25(3,4)34-26(33-24)20(13-18-11-12-19(22(28)29)14-21(18)31-5)15-27-23(30)32-16-17-9-7-6-8-10-17/h6-14H,15-16H2,1-5H3,(H,27,30)(H,28,29). The van der Waals surface area contributed by atoms with Crippen molar-refractivity contribution in [1.82, 2.24) is 5.32 Å². The van der Waals surface area contributed by atoms with Crippen LogP contribution in [0.15, 0.2) is 54.0 Å². The van der Waals surface area contributed by atoms with Gasteiger partial charge in [0.15, 0.2) is 0 Å². The van der Waals surface area contributed by atoms with E-state index in [1.54, 1.807) is 12.1 Å². The van der Waals surface area contributed by atoms with Gasteiger partial charge in [0.25, 0.3) is 0 Å². The molecule has 34 heavy (non-hydrogen) atoms. The zero-order valence-corrected chi connectivity index (χ0v) is 20.1. The average molecular weight is 467 g/mol. The molecular formula is C25H30BNO7. The van der Waals surface area contributed by atoms with Crippen LogP contribution in [0.3, 0.4) is 0 Å². The van der Waals surface area contributed by atoms with Crippen LogP contribution >= 0.6 is 0 Å². The first kappa shape index (κ1) is 25.3. The van der Waals surface area contributed by atoms with Gasteiger partial charge < -0.3 is 29.2 Å². The molecule has 0 unspecified atom stereocenters. The molecule has 9 heteroatoms. The van der Waals surface area contributed by atoms with Crippen molar-refractivity contribution in [2.24, 2.45) is 0 Å². The molecule has 0 aliphatic carbocycles. The summed E-state index contributed by atoms with van der Waals surface area (Å²) in [6.45, 7) is 7.99. The van der Waals surface area contributed by atoms with Gasteiger partial charge >= 0.3 is 19.2 Å². The fourth-order valence-electron chi connectivity index (χ4n) is 3.31. The van der Waals surface area contributed by atoms with Crippen LogP contribution in [-0.4, -0.2) is 49.1 Å². The third-order valence-corrected chi connectivity index (χ3v) is 6.03. The number of aromatic carboxylic acids is 1. The minimum atomic E-state index is -1.05. The number of benzene rings is 2. The Morgan fingerprint density at radius 1 is 1.06 bits per heavy atom. The summed E-state index contributed by atoms with van der Waals surface area (Å²) < 4.78 is 23.1. The maximum atomic E-state index is 12.4. The van der Waals surface area contributed by atoms with E-state index in [0.29, 0.717) is 16.8 Å². The number of nitrogens with one attached hydrogen (secondary N) is 1. The molecule has 0 saturated carbocycles. The fraction of sp³-hybridized carbons (Fsp3) is 0.360. The second-order valence-corrected chi connectivity index (χ2v) is 8.98. The van der Waals surface area contributed by atoms with Crippen molar-refractivity contribution in [3.8, 4) is 5.75 Å². The summed E-state index contributed by atoms with van der Waals surface area (Å²) in [6.07, 6.45) is 1.18. The summed E-state index contributed by atoms with van der Waals surface area (Å²) in [5, 5.41) is 12.0. The highest BCUT2D eigenvalue weighted by Gasteiger charge is 2.52. The topological polar surface area (TPSA) is 103 Å². The Kier molecular flexibility index (Phi) is 7.69. The Morgan fingerprint density at radius 2 is 1.71 bits per heavy atom. The minimum absolute atomic E-state index is 0.0916. The quantitative estimate of drug-likeness (QED) is 0.557. The van der Waals surface area contributed by atoms with Crippen molar-refractivity contribution in [3.05, 3.63) is 70.7 Å². The van der Waals surface area contributed by atoms with Crippen molar-refractivity contribution in [2.45, 2.75) is 45.5 Å². The zero-order valence-electron chi connectivity index (χ0n) is 20.1. The smallest absolute Gasteiger partial charge is 0.492 e. The Balaban J connectivity index is 1.82. The molecule has 1 aliphatic heterocycles. The number of hydrogen-bond donors (Lipinski definition) is 2. The van der Waals surface area contributed by atoms with E-state index in [9.17, 15) is 14.7 Å². The van der Waals surface area contributed by atoms with E-state index in [1.165, 1.54) is 19.2 Å². The second kappa shape index (κ2) is 10.3. The van der Waals surface area contributed by atoms with Crippen LogP contribution < -0.4 is 10.1 Å². The molecule has 2 N–H and O–H groups in total. The van der Waals surface area contributed by atoms with Gasteiger partial charge in [-0.1, -0.05) is 42.5 Å². The third kappa shape index (κ3) is 5.98. The highest BCUT2D eigenvalue weighted by molar-refractivity contribution is 6.56. The number of carbonyl (C=O) groups is 2. The maximum Gasteiger partial charge on any atom is 0.492 e. The number of carbonyl (C=O) groups excluding carboxylic acids is 1. The highest BCUT2D eigenvalue weighted by atomic mass is 16.7. The van der Waals surface area contributed by atoms with E-state index in [-0.39, 0.29) is 18.7 Å². The summed E-state index contributed by atoms with van der Waals surface area (Å²) >= 11 is 0. The van der Waals surface area contributed by atoms with Gasteiger partial charge in [-0.05, 0) is 50.9 Å². The van der Waals surface area contributed by atoms with Gasteiger partial charge in [0.2, 0.25) is 0 Å². The molecule has 1 aliphatic rings. The number of alkyl carbamates (subject to hydrolysis) is 1. The lowest BCUT2D eigenvalue weighted by Crippen LogP contribution is -2.41. The van der Waals surface area contributed by atoms with Gasteiger partial charge in [-0.15, -0.1) is 0 Å². The number of methoxy groups -OCH3 is 1. The van der Waals surface area contributed by atoms with E-state index < -0.39 is 30.4 Å².